The molecule has 15 heavy (non-hydrogen) atoms. The van der Waals surface area contributed by atoms with Gasteiger partial charge in [0.1, 0.15) is 5.54 Å². The van der Waals surface area contributed by atoms with E-state index in [1.807, 2.05) is 26.8 Å². The number of rotatable bonds is 0. The van der Waals surface area contributed by atoms with Crippen LogP contribution in [0, 0.1) is 6.92 Å². The van der Waals surface area contributed by atoms with Crippen LogP contribution in [0.25, 0.3) is 0 Å². The maximum atomic E-state index is 11.7. The Hall–Kier alpha value is -1.22. The van der Waals surface area contributed by atoms with E-state index in [2.05, 4.69) is 10.6 Å². The Morgan fingerprint density at radius 2 is 2.00 bits per heavy atom. The number of fused-ring (bicyclic) bond motifs is 1. The maximum Gasteiger partial charge on any atom is 0.249 e. The number of anilines is 2. The van der Waals surface area contributed by atoms with Crippen LogP contribution >= 0.6 is 11.6 Å². The fourth-order valence-corrected chi connectivity index (χ4v) is 1.76. The van der Waals surface area contributed by atoms with Crippen LogP contribution in [0.1, 0.15) is 19.4 Å². The third-order valence-electron chi connectivity index (χ3n) is 2.65. The van der Waals surface area contributed by atoms with Crippen LogP contribution in [0.5, 0.6) is 0 Å². The third kappa shape index (κ3) is 1.57. The zero-order valence-electron chi connectivity index (χ0n) is 8.94. The van der Waals surface area contributed by atoms with Crippen LogP contribution in [-0.4, -0.2) is 11.4 Å². The zero-order chi connectivity index (χ0) is 11.2. The average Bonchev–Trinajstić information content (AvgIpc) is 2.15. The highest BCUT2D eigenvalue weighted by atomic mass is 35.5. The summed E-state index contributed by atoms with van der Waals surface area (Å²) in [4.78, 5) is 11.7. The molecule has 0 spiro atoms. The molecule has 0 atom stereocenters. The number of nitrogens with one attached hydrogen (secondary N) is 2. The van der Waals surface area contributed by atoms with Crippen LogP contribution in [0.15, 0.2) is 12.1 Å². The summed E-state index contributed by atoms with van der Waals surface area (Å²) in [5.41, 5.74) is 2.07. The first kappa shape index (κ1) is 10.3. The standard InChI is InChI=1S/C11H13ClN2O/c1-6-7(12)4-5-8-9(6)14-11(2,3)10(15)13-8/h4-5,14H,1-3H3,(H,13,15). The summed E-state index contributed by atoms with van der Waals surface area (Å²) in [5, 5.41) is 6.76. The first-order valence-corrected chi connectivity index (χ1v) is 5.18. The van der Waals surface area contributed by atoms with E-state index in [0.717, 1.165) is 16.9 Å². The zero-order valence-corrected chi connectivity index (χ0v) is 9.70. The molecule has 3 nitrogen and oxygen atoms in total. The van der Waals surface area contributed by atoms with Gasteiger partial charge in [-0.1, -0.05) is 11.6 Å². The van der Waals surface area contributed by atoms with Crippen molar-refractivity contribution in [2.45, 2.75) is 26.3 Å². The Labute approximate surface area is 93.8 Å². The Morgan fingerprint density at radius 3 is 2.67 bits per heavy atom. The first-order valence-electron chi connectivity index (χ1n) is 4.80. The molecule has 1 aromatic rings. The summed E-state index contributed by atoms with van der Waals surface area (Å²) in [6, 6.07) is 3.60. The molecule has 80 valence electrons. The summed E-state index contributed by atoms with van der Waals surface area (Å²) in [6.45, 7) is 5.61. The van der Waals surface area contributed by atoms with Crippen molar-refractivity contribution in [3.05, 3.63) is 22.7 Å². The van der Waals surface area contributed by atoms with Gasteiger partial charge in [0, 0.05) is 5.02 Å². The van der Waals surface area contributed by atoms with Crippen molar-refractivity contribution in [3.8, 4) is 0 Å². The molecule has 1 aliphatic heterocycles. The number of halogens is 1. The van der Waals surface area contributed by atoms with E-state index in [1.54, 1.807) is 6.07 Å². The van der Waals surface area contributed by atoms with Crippen LogP contribution in [-0.2, 0) is 4.79 Å². The molecular weight excluding hydrogens is 212 g/mol. The fourth-order valence-electron chi connectivity index (χ4n) is 1.60. The van der Waals surface area contributed by atoms with Gasteiger partial charge in [0.25, 0.3) is 0 Å². The lowest BCUT2D eigenvalue weighted by molar-refractivity contribution is -0.119. The molecule has 0 aromatic heterocycles. The molecule has 0 bridgehead atoms. The van der Waals surface area contributed by atoms with Crippen LogP contribution in [0.2, 0.25) is 5.02 Å². The van der Waals surface area contributed by atoms with Gasteiger partial charge in [-0.25, -0.2) is 0 Å². The molecule has 2 N–H and O–H groups in total. The molecular formula is C11H13ClN2O. The van der Waals surface area contributed by atoms with Crippen molar-refractivity contribution >= 4 is 28.9 Å². The van der Waals surface area contributed by atoms with Gasteiger partial charge in [-0.3, -0.25) is 4.79 Å². The number of carbonyl (C=O) groups excluding carboxylic acids is 1. The molecule has 0 aliphatic carbocycles. The smallest absolute Gasteiger partial charge is 0.249 e. The van der Waals surface area contributed by atoms with E-state index in [9.17, 15) is 4.79 Å². The second kappa shape index (κ2) is 3.14. The van der Waals surface area contributed by atoms with E-state index in [-0.39, 0.29) is 5.91 Å². The Morgan fingerprint density at radius 1 is 1.33 bits per heavy atom. The SMILES string of the molecule is Cc1c(Cl)ccc2c1NC(C)(C)C(=O)N2. The minimum absolute atomic E-state index is 0.0308. The molecule has 1 amide bonds. The molecule has 0 unspecified atom stereocenters. The topological polar surface area (TPSA) is 41.1 Å². The Kier molecular flexibility index (Phi) is 2.15. The van der Waals surface area contributed by atoms with Crippen molar-refractivity contribution in [2.75, 3.05) is 10.6 Å². The van der Waals surface area contributed by atoms with Crippen molar-refractivity contribution in [1.29, 1.82) is 0 Å². The van der Waals surface area contributed by atoms with E-state index in [4.69, 9.17) is 11.6 Å². The second-order valence-corrected chi connectivity index (χ2v) is 4.71. The Bertz CT molecular complexity index is 440. The van der Waals surface area contributed by atoms with Gasteiger partial charge >= 0.3 is 0 Å². The van der Waals surface area contributed by atoms with Crippen molar-refractivity contribution in [1.82, 2.24) is 0 Å². The largest absolute Gasteiger partial charge is 0.370 e. The number of carbonyl (C=O) groups is 1. The molecule has 4 heteroatoms. The van der Waals surface area contributed by atoms with Crippen molar-refractivity contribution in [2.24, 2.45) is 0 Å². The van der Waals surface area contributed by atoms with Crippen LogP contribution in [0.3, 0.4) is 0 Å². The molecule has 0 radical (unpaired) electrons. The highest BCUT2D eigenvalue weighted by molar-refractivity contribution is 6.32. The number of benzene rings is 1. The Balaban J connectivity index is 2.56. The molecule has 1 aliphatic rings. The molecule has 0 saturated carbocycles. The number of hydrogen-bond donors (Lipinski definition) is 2. The van der Waals surface area contributed by atoms with Gasteiger partial charge in [0.05, 0.1) is 11.4 Å². The maximum absolute atomic E-state index is 11.7. The normalized spacial score (nSPS) is 17.7. The molecule has 1 heterocycles. The average molecular weight is 225 g/mol. The quantitative estimate of drug-likeness (QED) is 0.712. The van der Waals surface area contributed by atoms with E-state index < -0.39 is 5.54 Å². The lowest BCUT2D eigenvalue weighted by Gasteiger charge is -2.33. The van der Waals surface area contributed by atoms with Gasteiger partial charge in [-0.2, -0.15) is 0 Å². The fraction of sp³-hybridized carbons (Fsp3) is 0.364. The van der Waals surface area contributed by atoms with Crippen LogP contribution in [0.4, 0.5) is 11.4 Å². The van der Waals surface area contributed by atoms with Crippen LogP contribution < -0.4 is 10.6 Å². The lowest BCUT2D eigenvalue weighted by atomic mass is 9.98. The van der Waals surface area contributed by atoms with Crippen molar-refractivity contribution in [3.63, 3.8) is 0 Å². The number of amides is 1. The van der Waals surface area contributed by atoms with Gasteiger partial charge in [0.2, 0.25) is 5.91 Å². The monoisotopic (exact) mass is 224 g/mol. The molecule has 0 fully saturated rings. The molecule has 2 rings (SSSR count). The summed E-state index contributed by atoms with van der Waals surface area (Å²) in [5.74, 6) is -0.0308. The molecule has 1 aromatic carbocycles. The summed E-state index contributed by atoms with van der Waals surface area (Å²) in [7, 11) is 0. The predicted molar refractivity (Wildman–Crippen MR) is 62.5 cm³/mol. The highest BCUT2D eigenvalue weighted by Gasteiger charge is 2.33. The predicted octanol–water partition coefficient (Wildman–Crippen LogP) is 2.79. The van der Waals surface area contributed by atoms with E-state index in [0.29, 0.717) is 5.02 Å². The van der Waals surface area contributed by atoms with Gasteiger partial charge in [-0.15, -0.1) is 0 Å². The van der Waals surface area contributed by atoms with Gasteiger partial charge in [0.15, 0.2) is 0 Å². The molecule has 0 saturated heterocycles. The van der Waals surface area contributed by atoms with Gasteiger partial charge in [-0.05, 0) is 38.5 Å². The lowest BCUT2D eigenvalue weighted by Crippen LogP contribution is -2.47. The van der Waals surface area contributed by atoms with E-state index >= 15 is 0 Å². The minimum atomic E-state index is -0.595. The highest BCUT2D eigenvalue weighted by Crippen LogP contribution is 2.36. The summed E-state index contributed by atoms with van der Waals surface area (Å²) < 4.78 is 0. The van der Waals surface area contributed by atoms with E-state index in [1.165, 1.54) is 0 Å². The van der Waals surface area contributed by atoms with Crippen molar-refractivity contribution < 1.29 is 4.79 Å². The first-order chi connectivity index (χ1) is 6.92. The summed E-state index contributed by atoms with van der Waals surface area (Å²) in [6.07, 6.45) is 0. The third-order valence-corrected chi connectivity index (χ3v) is 3.06. The summed E-state index contributed by atoms with van der Waals surface area (Å²) >= 11 is 6.02. The minimum Gasteiger partial charge on any atom is -0.370 e. The number of hydrogen-bond acceptors (Lipinski definition) is 2. The van der Waals surface area contributed by atoms with Gasteiger partial charge < -0.3 is 10.6 Å². The second-order valence-electron chi connectivity index (χ2n) is 4.30.